The molecule has 2 N–H and O–H groups in total. The Balaban J connectivity index is 1.60. The van der Waals surface area contributed by atoms with E-state index in [1.165, 1.54) is 5.01 Å². The van der Waals surface area contributed by atoms with Crippen molar-refractivity contribution < 1.29 is 14.3 Å². The maximum Gasteiger partial charge on any atom is 0.288 e. The third kappa shape index (κ3) is 4.31. The molecule has 2 heterocycles. The summed E-state index contributed by atoms with van der Waals surface area (Å²) >= 11 is 0. The van der Waals surface area contributed by atoms with Gasteiger partial charge in [-0.25, -0.2) is 9.99 Å². The van der Waals surface area contributed by atoms with E-state index in [2.05, 4.69) is 20.7 Å². The van der Waals surface area contributed by atoms with Crippen LogP contribution < -0.4 is 20.5 Å². The van der Waals surface area contributed by atoms with E-state index in [9.17, 15) is 9.59 Å². The summed E-state index contributed by atoms with van der Waals surface area (Å²) in [5, 5.41) is 4.32. The number of carbonyl (C=O) groups is 2. The van der Waals surface area contributed by atoms with E-state index < -0.39 is 11.9 Å². The fourth-order valence-electron chi connectivity index (χ4n) is 3.42. The predicted octanol–water partition coefficient (Wildman–Crippen LogP) is 1.89. The molecule has 32 heavy (non-hydrogen) atoms. The van der Waals surface area contributed by atoms with E-state index in [-0.39, 0.29) is 18.3 Å². The highest BCUT2D eigenvalue weighted by atomic mass is 16.5. The second-order valence-electron chi connectivity index (χ2n) is 7.42. The van der Waals surface area contributed by atoms with Gasteiger partial charge in [0.1, 0.15) is 24.2 Å². The molecule has 9 nitrogen and oxygen atoms in total. The summed E-state index contributed by atoms with van der Waals surface area (Å²) in [6, 6.07) is 14.3. The minimum Gasteiger partial charge on any atom is -0.497 e. The van der Waals surface area contributed by atoms with Crippen molar-refractivity contribution in [2.45, 2.75) is 13.0 Å². The third-order valence-corrected chi connectivity index (χ3v) is 5.17. The second-order valence-corrected chi connectivity index (χ2v) is 7.42. The minimum atomic E-state index is -0.549. The summed E-state index contributed by atoms with van der Waals surface area (Å²) in [5.41, 5.74) is 5.35. The Hall–Kier alpha value is -4.14. The van der Waals surface area contributed by atoms with Gasteiger partial charge in [0.15, 0.2) is 0 Å². The van der Waals surface area contributed by atoms with Gasteiger partial charge in [-0.1, -0.05) is 29.8 Å². The number of aromatic nitrogens is 2. The van der Waals surface area contributed by atoms with Gasteiger partial charge in [-0.15, -0.1) is 0 Å². The van der Waals surface area contributed by atoms with Gasteiger partial charge in [-0.2, -0.15) is 0 Å². The molecule has 3 aromatic rings. The summed E-state index contributed by atoms with van der Waals surface area (Å²) in [6.07, 6.45) is 3.48. The van der Waals surface area contributed by atoms with E-state index in [4.69, 9.17) is 4.74 Å². The first-order chi connectivity index (χ1) is 15.5. The van der Waals surface area contributed by atoms with Crippen LogP contribution in [0, 0.1) is 6.92 Å². The zero-order chi connectivity index (χ0) is 22.7. The number of aryl methyl sites for hydroxylation is 2. The summed E-state index contributed by atoms with van der Waals surface area (Å²) < 4.78 is 7.17. The number of hydrogen-bond acceptors (Lipinski definition) is 6. The molecule has 0 aliphatic carbocycles. The summed E-state index contributed by atoms with van der Waals surface area (Å²) in [4.78, 5) is 34.1. The molecule has 164 valence electrons. The topological polar surface area (TPSA) is 101 Å². The minimum absolute atomic E-state index is 0.0484. The molecule has 2 aromatic carbocycles. The maximum absolute atomic E-state index is 13.2. The normalized spacial score (nSPS) is 14.4. The van der Waals surface area contributed by atoms with Crippen molar-refractivity contribution in [3.8, 4) is 5.75 Å². The molecule has 1 atom stereocenters. The number of amides is 2. The van der Waals surface area contributed by atoms with Crippen LogP contribution in [0.15, 0.2) is 65.9 Å². The van der Waals surface area contributed by atoms with Crippen LogP contribution in [0.3, 0.4) is 0 Å². The highest BCUT2D eigenvalue weighted by Crippen LogP contribution is 2.24. The summed E-state index contributed by atoms with van der Waals surface area (Å²) in [5.74, 6) is 0.659. The Kier molecular flexibility index (Phi) is 5.89. The first-order valence-corrected chi connectivity index (χ1v) is 10.1. The molecule has 1 aliphatic heterocycles. The summed E-state index contributed by atoms with van der Waals surface area (Å²) in [6.45, 7) is 1.84. The van der Waals surface area contributed by atoms with Gasteiger partial charge in [0, 0.05) is 19.4 Å². The van der Waals surface area contributed by atoms with Gasteiger partial charge in [-0.3, -0.25) is 20.0 Å². The van der Waals surface area contributed by atoms with Crippen LogP contribution in [0.1, 0.15) is 23.0 Å². The first-order valence-electron chi connectivity index (χ1n) is 10.1. The van der Waals surface area contributed by atoms with Crippen molar-refractivity contribution in [2.24, 2.45) is 12.0 Å². The zero-order valence-electron chi connectivity index (χ0n) is 18.1. The number of amidine groups is 1. The first kappa shape index (κ1) is 21.1. The van der Waals surface area contributed by atoms with Crippen LogP contribution in [-0.4, -0.2) is 40.9 Å². The zero-order valence-corrected chi connectivity index (χ0v) is 18.1. The molecule has 0 radical (unpaired) electrons. The molecule has 2 amide bonds. The monoisotopic (exact) mass is 432 g/mol. The van der Waals surface area contributed by atoms with Crippen molar-refractivity contribution in [2.75, 3.05) is 18.7 Å². The van der Waals surface area contributed by atoms with Gasteiger partial charge in [0.05, 0.1) is 12.8 Å². The van der Waals surface area contributed by atoms with Gasteiger partial charge < -0.3 is 14.6 Å². The Morgan fingerprint density at radius 3 is 2.69 bits per heavy atom. The smallest absolute Gasteiger partial charge is 0.288 e. The molecule has 0 fully saturated rings. The molecule has 0 spiro atoms. The fraction of sp³-hybridized carbons (Fsp3) is 0.217. The lowest BCUT2D eigenvalue weighted by Crippen LogP contribution is -2.56. The average molecular weight is 432 g/mol. The Labute approximate surface area is 185 Å². The van der Waals surface area contributed by atoms with Crippen molar-refractivity contribution in [1.82, 2.24) is 20.3 Å². The van der Waals surface area contributed by atoms with Gasteiger partial charge in [0.2, 0.25) is 5.84 Å². The molecule has 0 saturated carbocycles. The number of aliphatic imine (C=N–C) groups is 1. The number of carbonyl (C=O) groups excluding carboxylic acids is 2. The molecule has 0 saturated heterocycles. The van der Waals surface area contributed by atoms with E-state index in [1.807, 2.05) is 73.3 Å². The summed E-state index contributed by atoms with van der Waals surface area (Å²) in [7, 11) is 3.45. The number of benzene rings is 2. The SMILES string of the molecule is COc1cccc(C(NC(=O)C2=NCC(=O)N(c3ccc(C)cc3)N2)c2nccn2C)c1. The number of methoxy groups -OCH3 is 1. The number of rotatable bonds is 6. The van der Waals surface area contributed by atoms with Crippen LogP contribution in [-0.2, 0) is 16.6 Å². The van der Waals surface area contributed by atoms with Gasteiger partial charge >= 0.3 is 0 Å². The lowest BCUT2D eigenvalue weighted by Gasteiger charge is -2.28. The van der Waals surface area contributed by atoms with E-state index in [1.54, 1.807) is 13.3 Å². The van der Waals surface area contributed by atoms with Crippen LogP contribution in [0.25, 0.3) is 0 Å². The largest absolute Gasteiger partial charge is 0.497 e. The molecule has 1 aliphatic rings. The third-order valence-electron chi connectivity index (χ3n) is 5.17. The molecule has 9 heteroatoms. The van der Waals surface area contributed by atoms with Crippen LogP contribution in [0.4, 0.5) is 5.69 Å². The fourth-order valence-corrected chi connectivity index (χ4v) is 3.42. The van der Waals surface area contributed by atoms with Crippen LogP contribution in [0.2, 0.25) is 0 Å². The van der Waals surface area contributed by atoms with E-state index >= 15 is 0 Å². The van der Waals surface area contributed by atoms with E-state index in [0.29, 0.717) is 17.3 Å². The molecular formula is C23H24N6O3. The Morgan fingerprint density at radius 2 is 2.00 bits per heavy atom. The quantitative estimate of drug-likeness (QED) is 0.620. The molecular weight excluding hydrogens is 408 g/mol. The molecule has 1 unspecified atom stereocenters. The highest BCUT2D eigenvalue weighted by Gasteiger charge is 2.29. The Morgan fingerprint density at radius 1 is 1.22 bits per heavy atom. The maximum atomic E-state index is 13.2. The molecule has 1 aromatic heterocycles. The Bertz CT molecular complexity index is 1170. The molecule has 0 bridgehead atoms. The number of imidazole rings is 1. The highest BCUT2D eigenvalue weighted by molar-refractivity contribution is 6.39. The number of hydrogen-bond donors (Lipinski definition) is 2. The van der Waals surface area contributed by atoms with E-state index in [0.717, 1.165) is 11.1 Å². The standard InChI is InChI=1S/C23H24N6O3/c1-15-7-9-17(10-8-15)29-19(30)14-25-21(27-29)23(31)26-20(22-24-11-12-28(22)2)16-5-4-6-18(13-16)32-3/h4-13,20H,14H2,1-3H3,(H,25,27)(H,26,31). The number of nitrogens with one attached hydrogen (secondary N) is 2. The number of ether oxygens (including phenoxy) is 1. The van der Waals surface area contributed by atoms with Crippen molar-refractivity contribution in [3.05, 3.63) is 77.9 Å². The predicted molar refractivity (Wildman–Crippen MR) is 120 cm³/mol. The van der Waals surface area contributed by atoms with Crippen molar-refractivity contribution >= 4 is 23.3 Å². The lowest BCUT2D eigenvalue weighted by molar-refractivity contribution is -0.118. The van der Waals surface area contributed by atoms with Crippen LogP contribution in [0.5, 0.6) is 5.75 Å². The van der Waals surface area contributed by atoms with Crippen molar-refractivity contribution in [3.63, 3.8) is 0 Å². The number of anilines is 1. The number of hydrazine groups is 1. The van der Waals surface area contributed by atoms with Gasteiger partial charge in [-0.05, 0) is 36.8 Å². The van der Waals surface area contributed by atoms with Crippen LogP contribution >= 0.6 is 0 Å². The molecule has 4 rings (SSSR count). The van der Waals surface area contributed by atoms with Crippen molar-refractivity contribution in [1.29, 1.82) is 0 Å². The number of nitrogens with zero attached hydrogens (tertiary/aromatic N) is 4. The lowest BCUT2D eigenvalue weighted by atomic mass is 10.1. The second kappa shape index (κ2) is 8.93. The van der Waals surface area contributed by atoms with Gasteiger partial charge in [0.25, 0.3) is 11.8 Å². The average Bonchev–Trinajstić information content (AvgIpc) is 3.23.